The molecule has 0 fully saturated rings. The van der Waals surface area contributed by atoms with E-state index in [2.05, 4.69) is 11.7 Å². The third-order valence-corrected chi connectivity index (χ3v) is 0.478. The molecule has 0 radical (unpaired) electrons. The van der Waals surface area contributed by atoms with Crippen LogP contribution in [0.1, 0.15) is 0 Å². The Morgan fingerprint density at radius 1 is 1.83 bits per heavy atom. The van der Waals surface area contributed by atoms with E-state index in [-0.39, 0.29) is 0 Å². The number of rotatable bonds is 2. The van der Waals surface area contributed by atoms with Gasteiger partial charge in [-0.15, -0.1) is 11.6 Å². The summed E-state index contributed by atoms with van der Waals surface area (Å²) in [5, 5.41) is 0. The van der Waals surface area contributed by atoms with E-state index in [0.29, 0.717) is 5.88 Å². The molecule has 0 unspecified atom stereocenters. The summed E-state index contributed by atoms with van der Waals surface area (Å²) in [6.07, 6.45) is 3.28. The van der Waals surface area contributed by atoms with Gasteiger partial charge in [-0.25, -0.2) is 0 Å². The Hall–Kier alpha value is -0.300. The van der Waals surface area contributed by atoms with Crippen molar-refractivity contribution in [3.63, 3.8) is 0 Å². The van der Waals surface area contributed by atoms with Crippen LogP contribution in [-0.2, 0) is 0 Å². The molecular weight excluding hydrogens is 97.5 g/mol. The molecule has 0 aliphatic heterocycles. The van der Waals surface area contributed by atoms with Gasteiger partial charge in [0, 0.05) is 12.1 Å². The minimum Gasteiger partial charge on any atom is -0.273 e. The van der Waals surface area contributed by atoms with Crippen LogP contribution in [0.5, 0.6) is 0 Å². The van der Waals surface area contributed by atoms with Gasteiger partial charge in [-0.2, -0.15) is 0 Å². The first-order valence-corrected chi connectivity index (χ1v) is 2.12. The van der Waals surface area contributed by atoms with Crippen molar-refractivity contribution in [3.05, 3.63) is 12.3 Å². The van der Waals surface area contributed by atoms with Crippen LogP contribution in [0.4, 0.5) is 0 Å². The minimum atomic E-state index is 0.513. The first-order valence-electron chi connectivity index (χ1n) is 1.58. The van der Waals surface area contributed by atoms with Crippen LogP contribution in [-0.4, -0.2) is 12.6 Å². The summed E-state index contributed by atoms with van der Waals surface area (Å²) in [4.78, 5) is 3.41. The van der Waals surface area contributed by atoms with Crippen LogP contribution in [0.15, 0.2) is 17.3 Å². The molecule has 34 valence electrons. The molecule has 0 spiro atoms. The smallest absolute Gasteiger partial charge is 0.0421 e. The molecule has 0 aliphatic carbocycles. The van der Waals surface area contributed by atoms with Crippen molar-refractivity contribution in [2.75, 3.05) is 5.88 Å². The maximum Gasteiger partial charge on any atom is 0.0421 e. The molecule has 0 amide bonds. The summed E-state index contributed by atoms with van der Waals surface area (Å²) in [5.41, 5.74) is 0. The molecule has 0 N–H and O–H groups in total. The molecule has 0 aromatic rings. The van der Waals surface area contributed by atoms with Crippen LogP contribution in [0.25, 0.3) is 0 Å². The maximum absolute atomic E-state index is 5.21. The fourth-order valence-corrected chi connectivity index (χ4v) is 0.194. The summed E-state index contributed by atoms with van der Waals surface area (Å²) >= 11 is 5.21. The normalized spacial score (nSPS) is 9.50. The second kappa shape index (κ2) is 4.70. The lowest BCUT2D eigenvalue weighted by atomic mass is 10.7. The third kappa shape index (κ3) is 3.70. The first-order chi connectivity index (χ1) is 2.91. The second-order valence-corrected chi connectivity index (χ2v) is 1.03. The molecule has 0 saturated heterocycles. The summed E-state index contributed by atoms with van der Waals surface area (Å²) in [5.74, 6) is 0.513. The Kier molecular flexibility index (Phi) is 4.47. The van der Waals surface area contributed by atoms with E-state index in [4.69, 9.17) is 11.6 Å². The van der Waals surface area contributed by atoms with E-state index in [1.807, 2.05) is 0 Å². The number of alkyl halides is 1. The van der Waals surface area contributed by atoms with Crippen molar-refractivity contribution >= 4 is 18.3 Å². The monoisotopic (exact) mass is 103 g/mol. The summed E-state index contributed by atoms with van der Waals surface area (Å²) < 4.78 is 0. The van der Waals surface area contributed by atoms with Gasteiger partial charge in [0.1, 0.15) is 0 Å². The molecule has 0 aliphatic rings. The van der Waals surface area contributed by atoms with Crippen molar-refractivity contribution in [1.29, 1.82) is 0 Å². The average Bonchev–Trinajstić information content (AvgIpc) is 1.61. The molecule has 0 bridgehead atoms. The first kappa shape index (κ1) is 5.70. The Morgan fingerprint density at radius 3 is 2.67 bits per heavy atom. The van der Waals surface area contributed by atoms with E-state index in [1.165, 1.54) is 0 Å². The van der Waals surface area contributed by atoms with Crippen LogP contribution < -0.4 is 0 Å². The minimum absolute atomic E-state index is 0.513. The molecule has 0 aromatic carbocycles. The Balaban J connectivity index is 2.94. The maximum atomic E-state index is 5.21. The molecule has 0 rings (SSSR count). The number of nitrogens with zero attached hydrogens (tertiary/aromatic N) is 1. The molecule has 0 atom stereocenters. The standard InChI is InChI=1S/C4H6ClN/c1-6-4-2-3-5/h2,4H,1,3H2. The van der Waals surface area contributed by atoms with E-state index < -0.39 is 0 Å². The van der Waals surface area contributed by atoms with Gasteiger partial charge in [0.25, 0.3) is 0 Å². The highest BCUT2D eigenvalue weighted by Crippen LogP contribution is 1.75. The van der Waals surface area contributed by atoms with Gasteiger partial charge < -0.3 is 0 Å². The van der Waals surface area contributed by atoms with E-state index in [1.54, 1.807) is 12.3 Å². The SMILES string of the molecule is C=NC=CCCl. The molecule has 0 aromatic heterocycles. The van der Waals surface area contributed by atoms with Crippen molar-refractivity contribution in [3.8, 4) is 0 Å². The Bertz CT molecular complexity index is 58.6. The second-order valence-electron chi connectivity index (χ2n) is 0.722. The van der Waals surface area contributed by atoms with E-state index in [9.17, 15) is 0 Å². The quantitative estimate of drug-likeness (QED) is 0.371. The fourth-order valence-electron chi connectivity index (χ4n) is 0.114. The van der Waals surface area contributed by atoms with E-state index >= 15 is 0 Å². The summed E-state index contributed by atoms with van der Waals surface area (Å²) in [6, 6.07) is 0. The predicted octanol–water partition coefficient (Wildman–Crippen LogP) is 1.44. The van der Waals surface area contributed by atoms with Crippen molar-refractivity contribution in [2.24, 2.45) is 4.99 Å². The highest BCUT2D eigenvalue weighted by molar-refractivity contribution is 6.18. The topological polar surface area (TPSA) is 12.4 Å². The number of allylic oxidation sites excluding steroid dienone is 1. The highest BCUT2D eigenvalue weighted by atomic mass is 35.5. The van der Waals surface area contributed by atoms with Crippen molar-refractivity contribution in [1.82, 2.24) is 0 Å². The number of hydrogen-bond acceptors (Lipinski definition) is 1. The zero-order valence-electron chi connectivity index (χ0n) is 3.39. The zero-order valence-corrected chi connectivity index (χ0v) is 4.15. The van der Waals surface area contributed by atoms with Crippen LogP contribution >= 0.6 is 11.6 Å². The molecule has 6 heavy (non-hydrogen) atoms. The largest absolute Gasteiger partial charge is 0.273 e. The number of halogens is 1. The van der Waals surface area contributed by atoms with Gasteiger partial charge in [0.15, 0.2) is 0 Å². The molecule has 2 heteroatoms. The predicted molar refractivity (Wildman–Crippen MR) is 29.4 cm³/mol. The lowest BCUT2D eigenvalue weighted by molar-refractivity contribution is 1.57. The lowest BCUT2D eigenvalue weighted by Crippen LogP contribution is -1.53. The van der Waals surface area contributed by atoms with Crippen molar-refractivity contribution < 1.29 is 0 Å². The molecule has 0 saturated carbocycles. The molecule has 0 heterocycles. The van der Waals surface area contributed by atoms with Gasteiger partial charge in [-0.1, -0.05) is 6.08 Å². The fraction of sp³-hybridized carbons (Fsp3) is 0.250. The Morgan fingerprint density at radius 2 is 2.50 bits per heavy atom. The van der Waals surface area contributed by atoms with E-state index in [0.717, 1.165) is 0 Å². The third-order valence-electron chi connectivity index (χ3n) is 0.300. The number of hydrogen-bond donors (Lipinski definition) is 0. The van der Waals surface area contributed by atoms with Crippen molar-refractivity contribution in [2.45, 2.75) is 0 Å². The highest BCUT2D eigenvalue weighted by Gasteiger charge is 1.57. The van der Waals surface area contributed by atoms with Crippen LogP contribution in [0.3, 0.4) is 0 Å². The molecular formula is C4H6ClN. The van der Waals surface area contributed by atoms with Gasteiger partial charge in [-0.3, -0.25) is 4.99 Å². The molecule has 1 nitrogen and oxygen atoms in total. The summed E-state index contributed by atoms with van der Waals surface area (Å²) in [6.45, 7) is 3.20. The summed E-state index contributed by atoms with van der Waals surface area (Å²) in [7, 11) is 0. The van der Waals surface area contributed by atoms with Gasteiger partial charge >= 0.3 is 0 Å². The number of aliphatic imine (C=N–C) groups is 1. The zero-order chi connectivity index (χ0) is 4.83. The Labute approximate surface area is 42.3 Å². The average molecular weight is 104 g/mol. The van der Waals surface area contributed by atoms with Gasteiger partial charge in [0.05, 0.1) is 0 Å². The van der Waals surface area contributed by atoms with Gasteiger partial charge in [-0.05, 0) is 6.72 Å². The lowest BCUT2D eigenvalue weighted by Gasteiger charge is -1.66. The van der Waals surface area contributed by atoms with Crippen LogP contribution in [0.2, 0.25) is 0 Å². The van der Waals surface area contributed by atoms with Gasteiger partial charge in [0.2, 0.25) is 0 Å². The van der Waals surface area contributed by atoms with Crippen LogP contribution in [0, 0.1) is 0 Å².